The molecule has 0 atom stereocenters. The maximum absolute atomic E-state index is 5.43. The molecule has 0 unspecified atom stereocenters. The van der Waals surface area contributed by atoms with Crippen LogP contribution in [0.2, 0.25) is 0 Å². The fourth-order valence-corrected chi connectivity index (χ4v) is 2.46. The minimum absolute atomic E-state index is 0.625. The summed E-state index contributed by atoms with van der Waals surface area (Å²) in [6.07, 6.45) is 4.26. The maximum Gasteiger partial charge on any atom is 0.0537 e. The van der Waals surface area contributed by atoms with Crippen molar-refractivity contribution in [3.8, 4) is 0 Å². The molecule has 0 aliphatic carbocycles. The SMILES string of the molecule is CCn1ncc(CNC)c1C1CCOCC1. The predicted octanol–water partition coefficient (Wildman–Crippen LogP) is 1.52. The Kier molecular flexibility index (Phi) is 3.96. The lowest BCUT2D eigenvalue weighted by Gasteiger charge is -2.24. The fourth-order valence-electron chi connectivity index (χ4n) is 2.46. The highest BCUT2D eigenvalue weighted by Crippen LogP contribution is 2.29. The highest BCUT2D eigenvalue weighted by atomic mass is 16.5. The zero-order valence-corrected chi connectivity index (χ0v) is 10.2. The Morgan fingerprint density at radius 1 is 1.50 bits per heavy atom. The second-order valence-electron chi connectivity index (χ2n) is 4.29. The Hall–Kier alpha value is -0.870. The van der Waals surface area contributed by atoms with Crippen molar-refractivity contribution in [3.63, 3.8) is 0 Å². The van der Waals surface area contributed by atoms with Crippen molar-refractivity contribution in [1.29, 1.82) is 0 Å². The maximum atomic E-state index is 5.43. The van der Waals surface area contributed by atoms with Gasteiger partial charge in [0.05, 0.1) is 6.20 Å². The van der Waals surface area contributed by atoms with Gasteiger partial charge in [-0.15, -0.1) is 0 Å². The Morgan fingerprint density at radius 3 is 2.88 bits per heavy atom. The normalized spacial score (nSPS) is 17.9. The van der Waals surface area contributed by atoms with Crippen LogP contribution in [0.4, 0.5) is 0 Å². The summed E-state index contributed by atoms with van der Waals surface area (Å²) in [6.45, 7) is 5.79. The molecule has 90 valence electrons. The number of hydrogen-bond donors (Lipinski definition) is 1. The molecule has 2 rings (SSSR count). The van der Waals surface area contributed by atoms with Crippen molar-refractivity contribution in [2.45, 2.75) is 38.8 Å². The van der Waals surface area contributed by atoms with Gasteiger partial charge >= 0.3 is 0 Å². The molecule has 4 heteroatoms. The van der Waals surface area contributed by atoms with E-state index in [9.17, 15) is 0 Å². The van der Waals surface area contributed by atoms with Gasteiger partial charge in [0.25, 0.3) is 0 Å². The topological polar surface area (TPSA) is 39.1 Å². The van der Waals surface area contributed by atoms with E-state index in [1.165, 1.54) is 11.3 Å². The quantitative estimate of drug-likeness (QED) is 0.841. The van der Waals surface area contributed by atoms with E-state index < -0.39 is 0 Å². The molecule has 0 bridgehead atoms. The van der Waals surface area contributed by atoms with Crippen molar-refractivity contribution in [3.05, 3.63) is 17.5 Å². The third-order valence-electron chi connectivity index (χ3n) is 3.23. The van der Waals surface area contributed by atoms with Crippen LogP contribution in [-0.2, 0) is 17.8 Å². The van der Waals surface area contributed by atoms with Crippen molar-refractivity contribution < 1.29 is 4.74 Å². The lowest BCUT2D eigenvalue weighted by atomic mass is 9.93. The van der Waals surface area contributed by atoms with Gasteiger partial charge < -0.3 is 10.1 Å². The van der Waals surface area contributed by atoms with Crippen LogP contribution >= 0.6 is 0 Å². The first-order valence-corrected chi connectivity index (χ1v) is 6.13. The van der Waals surface area contributed by atoms with Crippen LogP contribution in [0.3, 0.4) is 0 Å². The summed E-state index contributed by atoms with van der Waals surface area (Å²) in [6, 6.07) is 0. The first-order chi connectivity index (χ1) is 7.86. The molecule has 1 saturated heterocycles. The average molecular weight is 223 g/mol. The Balaban J connectivity index is 2.23. The van der Waals surface area contributed by atoms with Gasteiger partial charge in [-0.05, 0) is 26.8 Å². The average Bonchev–Trinajstić information content (AvgIpc) is 2.74. The van der Waals surface area contributed by atoms with E-state index in [0.29, 0.717) is 5.92 Å². The summed E-state index contributed by atoms with van der Waals surface area (Å²) in [5, 5.41) is 7.68. The largest absolute Gasteiger partial charge is 0.381 e. The van der Waals surface area contributed by atoms with Crippen molar-refractivity contribution >= 4 is 0 Å². The summed E-state index contributed by atoms with van der Waals surface area (Å²) in [5.74, 6) is 0.625. The highest BCUT2D eigenvalue weighted by molar-refractivity contribution is 5.22. The Morgan fingerprint density at radius 2 is 2.25 bits per heavy atom. The summed E-state index contributed by atoms with van der Waals surface area (Å²) < 4.78 is 7.57. The minimum atomic E-state index is 0.625. The minimum Gasteiger partial charge on any atom is -0.381 e. The van der Waals surface area contributed by atoms with Crippen LogP contribution in [0, 0.1) is 0 Å². The molecule has 0 aromatic carbocycles. The van der Waals surface area contributed by atoms with E-state index in [4.69, 9.17) is 4.74 Å². The smallest absolute Gasteiger partial charge is 0.0537 e. The number of aromatic nitrogens is 2. The monoisotopic (exact) mass is 223 g/mol. The molecular weight excluding hydrogens is 202 g/mol. The van der Waals surface area contributed by atoms with Crippen molar-refractivity contribution in [2.24, 2.45) is 0 Å². The molecule has 4 nitrogen and oxygen atoms in total. The zero-order chi connectivity index (χ0) is 11.4. The van der Waals surface area contributed by atoms with E-state index in [1.54, 1.807) is 0 Å². The van der Waals surface area contributed by atoms with Gasteiger partial charge in [-0.1, -0.05) is 0 Å². The van der Waals surface area contributed by atoms with Gasteiger partial charge in [-0.3, -0.25) is 4.68 Å². The number of nitrogens with one attached hydrogen (secondary N) is 1. The van der Waals surface area contributed by atoms with Crippen molar-refractivity contribution in [2.75, 3.05) is 20.3 Å². The van der Waals surface area contributed by atoms with Crippen LogP contribution in [0.25, 0.3) is 0 Å². The molecule has 1 aliphatic rings. The summed E-state index contributed by atoms with van der Waals surface area (Å²) >= 11 is 0. The van der Waals surface area contributed by atoms with Gasteiger partial charge in [0.2, 0.25) is 0 Å². The number of aryl methyl sites for hydroxylation is 1. The van der Waals surface area contributed by atoms with E-state index in [2.05, 4.69) is 22.0 Å². The second-order valence-corrected chi connectivity index (χ2v) is 4.29. The van der Waals surface area contributed by atoms with Crippen LogP contribution < -0.4 is 5.32 Å². The molecule has 1 N–H and O–H groups in total. The number of hydrogen-bond acceptors (Lipinski definition) is 3. The molecular formula is C12H21N3O. The lowest BCUT2D eigenvalue weighted by Crippen LogP contribution is -2.19. The van der Waals surface area contributed by atoms with E-state index in [-0.39, 0.29) is 0 Å². The molecule has 0 amide bonds. The number of rotatable bonds is 4. The first kappa shape index (κ1) is 11.6. The molecule has 0 radical (unpaired) electrons. The van der Waals surface area contributed by atoms with Gasteiger partial charge in [0.15, 0.2) is 0 Å². The summed E-state index contributed by atoms with van der Waals surface area (Å²) in [5.41, 5.74) is 2.76. The Bertz CT molecular complexity index is 329. The molecule has 0 spiro atoms. The van der Waals surface area contributed by atoms with Crippen LogP contribution in [0.1, 0.15) is 36.9 Å². The van der Waals surface area contributed by atoms with E-state index in [0.717, 1.165) is 39.1 Å². The Labute approximate surface area is 97.0 Å². The first-order valence-electron chi connectivity index (χ1n) is 6.13. The number of nitrogens with zero attached hydrogens (tertiary/aromatic N) is 2. The molecule has 16 heavy (non-hydrogen) atoms. The standard InChI is InChI=1S/C12H21N3O/c1-3-15-12(10-4-6-16-7-5-10)11(8-13-2)9-14-15/h9-10,13H,3-8H2,1-2H3. The highest BCUT2D eigenvalue weighted by Gasteiger charge is 2.22. The van der Waals surface area contributed by atoms with E-state index in [1.807, 2.05) is 13.2 Å². The zero-order valence-electron chi connectivity index (χ0n) is 10.2. The van der Waals surface area contributed by atoms with Gasteiger partial charge in [0.1, 0.15) is 0 Å². The molecule has 1 aromatic rings. The summed E-state index contributed by atoms with van der Waals surface area (Å²) in [7, 11) is 1.98. The summed E-state index contributed by atoms with van der Waals surface area (Å²) in [4.78, 5) is 0. The van der Waals surface area contributed by atoms with Gasteiger partial charge in [-0.2, -0.15) is 5.10 Å². The third-order valence-corrected chi connectivity index (χ3v) is 3.23. The van der Waals surface area contributed by atoms with Gasteiger partial charge in [0, 0.05) is 43.5 Å². The predicted molar refractivity (Wildman–Crippen MR) is 63.5 cm³/mol. The molecule has 0 saturated carbocycles. The lowest BCUT2D eigenvalue weighted by molar-refractivity contribution is 0.0833. The third kappa shape index (κ3) is 2.28. The van der Waals surface area contributed by atoms with Crippen molar-refractivity contribution in [1.82, 2.24) is 15.1 Å². The van der Waals surface area contributed by atoms with Crippen LogP contribution in [-0.4, -0.2) is 30.0 Å². The van der Waals surface area contributed by atoms with E-state index >= 15 is 0 Å². The molecule has 1 aromatic heterocycles. The molecule has 2 heterocycles. The van der Waals surface area contributed by atoms with Gasteiger partial charge in [-0.25, -0.2) is 0 Å². The number of ether oxygens (including phenoxy) is 1. The van der Waals surface area contributed by atoms with Crippen LogP contribution in [0.15, 0.2) is 6.20 Å². The molecule has 1 aliphatic heterocycles. The molecule has 1 fully saturated rings. The van der Waals surface area contributed by atoms with Crippen LogP contribution in [0.5, 0.6) is 0 Å². The fraction of sp³-hybridized carbons (Fsp3) is 0.750. The second kappa shape index (κ2) is 5.46.